The summed E-state index contributed by atoms with van der Waals surface area (Å²) in [6, 6.07) is 0. The van der Waals surface area contributed by atoms with Gasteiger partial charge in [-0.05, 0) is 31.1 Å². The van der Waals surface area contributed by atoms with E-state index < -0.39 is 0 Å². The summed E-state index contributed by atoms with van der Waals surface area (Å²) in [6.45, 7) is 8.09. The van der Waals surface area contributed by atoms with Gasteiger partial charge in [0, 0.05) is 6.54 Å². The van der Waals surface area contributed by atoms with E-state index in [0.717, 1.165) is 6.54 Å². The lowest BCUT2D eigenvalue weighted by Gasteiger charge is -2.19. The second-order valence-corrected chi connectivity index (χ2v) is 4.43. The maximum absolute atomic E-state index is 11.0. The van der Waals surface area contributed by atoms with Gasteiger partial charge in [-0.25, -0.2) is 0 Å². The van der Waals surface area contributed by atoms with Crippen molar-refractivity contribution in [2.24, 2.45) is 11.3 Å². The first-order chi connectivity index (χ1) is 6.60. The third-order valence-electron chi connectivity index (χ3n) is 3.17. The van der Waals surface area contributed by atoms with Gasteiger partial charge < -0.3 is 10.1 Å². The molecule has 1 aliphatic carbocycles. The zero-order valence-electron chi connectivity index (χ0n) is 9.43. The third-order valence-corrected chi connectivity index (χ3v) is 3.17. The number of nitrogens with one attached hydrogen (secondary N) is 1. The van der Waals surface area contributed by atoms with Gasteiger partial charge >= 0.3 is 5.97 Å². The third kappa shape index (κ3) is 2.98. The van der Waals surface area contributed by atoms with Gasteiger partial charge in [0.05, 0.1) is 13.2 Å². The molecule has 1 aliphatic rings. The molecule has 0 aromatic heterocycles. The fraction of sp³-hybridized carbons (Fsp3) is 0.909. The molecule has 0 atom stereocenters. The zero-order chi connectivity index (χ0) is 10.6. The van der Waals surface area contributed by atoms with E-state index in [0.29, 0.717) is 24.5 Å². The first kappa shape index (κ1) is 11.5. The molecule has 1 rings (SSSR count). The Balaban J connectivity index is 2.12. The Hall–Kier alpha value is -0.570. The number of carbonyl (C=O) groups is 1. The highest BCUT2D eigenvalue weighted by atomic mass is 16.5. The standard InChI is InChI=1S/C11H21NO2/c1-4-14-10(13)7-12-8-11(5-6-11)9(2)3/h9,12H,4-8H2,1-3H3. The van der Waals surface area contributed by atoms with Gasteiger partial charge in [-0.2, -0.15) is 0 Å². The summed E-state index contributed by atoms with van der Waals surface area (Å²) in [7, 11) is 0. The van der Waals surface area contributed by atoms with Crippen LogP contribution in [-0.4, -0.2) is 25.7 Å². The highest BCUT2D eigenvalue weighted by Gasteiger charge is 2.44. The van der Waals surface area contributed by atoms with Crippen molar-refractivity contribution in [2.75, 3.05) is 19.7 Å². The Kier molecular flexibility index (Phi) is 3.93. The van der Waals surface area contributed by atoms with Crippen LogP contribution in [0.4, 0.5) is 0 Å². The molecule has 1 saturated carbocycles. The van der Waals surface area contributed by atoms with Crippen LogP contribution < -0.4 is 5.32 Å². The van der Waals surface area contributed by atoms with Crippen LogP contribution in [0, 0.1) is 11.3 Å². The van der Waals surface area contributed by atoms with Crippen molar-refractivity contribution < 1.29 is 9.53 Å². The van der Waals surface area contributed by atoms with Gasteiger partial charge in [0.25, 0.3) is 0 Å². The van der Waals surface area contributed by atoms with Crippen LogP contribution >= 0.6 is 0 Å². The van der Waals surface area contributed by atoms with Crippen LogP contribution in [0.25, 0.3) is 0 Å². The molecule has 0 amide bonds. The molecule has 0 aromatic rings. The monoisotopic (exact) mass is 199 g/mol. The molecule has 3 heteroatoms. The number of hydrogen-bond acceptors (Lipinski definition) is 3. The average molecular weight is 199 g/mol. The Morgan fingerprint density at radius 1 is 1.50 bits per heavy atom. The Morgan fingerprint density at radius 2 is 2.14 bits per heavy atom. The maximum Gasteiger partial charge on any atom is 0.319 e. The van der Waals surface area contributed by atoms with Gasteiger partial charge in [0.15, 0.2) is 0 Å². The quantitative estimate of drug-likeness (QED) is 0.660. The van der Waals surface area contributed by atoms with Crippen LogP contribution in [-0.2, 0) is 9.53 Å². The van der Waals surface area contributed by atoms with Crippen LogP contribution in [0.2, 0.25) is 0 Å². The van der Waals surface area contributed by atoms with E-state index in [4.69, 9.17) is 4.74 Å². The summed E-state index contributed by atoms with van der Waals surface area (Å²) < 4.78 is 4.84. The minimum absolute atomic E-state index is 0.146. The number of carbonyl (C=O) groups excluding carboxylic acids is 1. The van der Waals surface area contributed by atoms with Gasteiger partial charge in [-0.3, -0.25) is 4.79 Å². The van der Waals surface area contributed by atoms with Gasteiger partial charge in [0.1, 0.15) is 0 Å². The van der Waals surface area contributed by atoms with Crippen LogP contribution in [0.5, 0.6) is 0 Å². The minimum Gasteiger partial charge on any atom is -0.465 e. The molecule has 0 heterocycles. The maximum atomic E-state index is 11.0. The lowest BCUT2D eigenvalue weighted by molar-refractivity contribution is -0.142. The summed E-state index contributed by atoms with van der Waals surface area (Å²) in [5.74, 6) is 0.559. The molecule has 14 heavy (non-hydrogen) atoms. The van der Waals surface area contributed by atoms with Crippen molar-refractivity contribution in [1.29, 1.82) is 0 Å². The lowest BCUT2D eigenvalue weighted by atomic mass is 9.92. The van der Waals surface area contributed by atoms with Crippen LogP contribution in [0.15, 0.2) is 0 Å². The van der Waals surface area contributed by atoms with E-state index in [1.807, 2.05) is 6.92 Å². The molecule has 82 valence electrons. The average Bonchev–Trinajstić information content (AvgIpc) is 2.86. The Morgan fingerprint density at radius 3 is 2.57 bits per heavy atom. The second-order valence-electron chi connectivity index (χ2n) is 4.43. The number of ether oxygens (including phenoxy) is 1. The summed E-state index contributed by atoms with van der Waals surface area (Å²) in [5, 5.41) is 3.18. The predicted octanol–water partition coefficient (Wildman–Crippen LogP) is 1.58. The molecular formula is C11H21NO2. The summed E-state index contributed by atoms with van der Waals surface area (Å²) in [4.78, 5) is 11.0. The first-order valence-corrected chi connectivity index (χ1v) is 5.47. The highest BCUT2D eigenvalue weighted by Crippen LogP contribution is 2.51. The molecule has 0 unspecified atom stereocenters. The molecule has 0 aromatic carbocycles. The molecule has 0 radical (unpaired) electrons. The second kappa shape index (κ2) is 4.78. The SMILES string of the molecule is CCOC(=O)CNCC1(C(C)C)CC1. The normalized spacial score (nSPS) is 18.3. The van der Waals surface area contributed by atoms with Crippen LogP contribution in [0.1, 0.15) is 33.6 Å². The van der Waals surface area contributed by atoms with Gasteiger partial charge in [-0.1, -0.05) is 13.8 Å². The van der Waals surface area contributed by atoms with Crippen molar-refractivity contribution >= 4 is 5.97 Å². The van der Waals surface area contributed by atoms with Crippen molar-refractivity contribution in [3.8, 4) is 0 Å². The van der Waals surface area contributed by atoms with Crippen molar-refractivity contribution in [1.82, 2.24) is 5.32 Å². The molecule has 0 saturated heterocycles. The Bertz CT molecular complexity index is 197. The van der Waals surface area contributed by atoms with Gasteiger partial charge in [-0.15, -0.1) is 0 Å². The van der Waals surface area contributed by atoms with E-state index in [1.165, 1.54) is 12.8 Å². The van der Waals surface area contributed by atoms with Crippen LogP contribution in [0.3, 0.4) is 0 Å². The molecule has 0 aliphatic heterocycles. The molecule has 0 spiro atoms. The predicted molar refractivity (Wildman–Crippen MR) is 56.0 cm³/mol. The molecule has 1 N–H and O–H groups in total. The van der Waals surface area contributed by atoms with Crippen molar-refractivity contribution in [3.05, 3.63) is 0 Å². The fourth-order valence-corrected chi connectivity index (χ4v) is 1.74. The van der Waals surface area contributed by atoms with E-state index in [-0.39, 0.29) is 5.97 Å². The zero-order valence-corrected chi connectivity index (χ0v) is 9.43. The van der Waals surface area contributed by atoms with E-state index in [9.17, 15) is 4.79 Å². The summed E-state index contributed by atoms with van der Waals surface area (Å²) in [5.41, 5.74) is 0.465. The topological polar surface area (TPSA) is 38.3 Å². The van der Waals surface area contributed by atoms with Gasteiger partial charge in [0.2, 0.25) is 0 Å². The van der Waals surface area contributed by atoms with E-state index >= 15 is 0 Å². The fourth-order valence-electron chi connectivity index (χ4n) is 1.74. The largest absolute Gasteiger partial charge is 0.465 e. The first-order valence-electron chi connectivity index (χ1n) is 5.47. The summed E-state index contributed by atoms with van der Waals surface area (Å²) >= 11 is 0. The molecule has 1 fully saturated rings. The number of hydrogen-bond donors (Lipinski definition) is 1. The number of rotatable bonds is 6. The molecule has 3 nitrogen and oxygen atoms in total. The van der Waals surface area contributed by atoms with Crippen molar-refractivity contribution in [2.45, 2.75) is 33.6 Å². The molecule has 0 bridgehead atoms. The Labute approximate surface area is 86.2 Å². The van der Waals surface area contributed by atoms with Crippen molar-refractivity contribution in [3.63, 3.8) is 0 Å². The smallest absolute Gasteiger partial charge is 0.319 e. The number of esters is 1. The minimum atomic E-state index is -0.146. The summed E-state index contributed by atoms with van der Waals surface area (Å²) in [6.07, 6.45) is 2.58. The highest BCUT2D eigenvalue weighted by molar-refractivity contribution is 5.71. The lowest BCUT2D eigenvalue weighted by Crippen LogP contribution is -2.32. The van der Waals surface area contributed by atoms with E-state index in [1.54, 1.807) is 0 Å². The van der Waals surface area contributed by atoms with E-state index in [2.05, 4.69) is 19.2 Å². The molecular weight excluding hydrogens is 178 g/mol.